The zero-order chi connectivity index (χ0) is 20.3. The minimum absolute atomic E-state index is 0.00729. The van der Waals surface area contributed by atoms with E-state index < -0.39 is 0 Å². The smallest absolute Gasteiger partial charge is 0.233 e. The Hall–Kier alpha value is -2.17. The maximum atomic E-state index is 13.0. The summed E-state index contributed by atoms with van der Waals surface area (Å²) in [6.45, 7) is 5.21. The highest BCUT2D eigenvalue weighted by molar-refractivity contribution is 6.06. The molecule has 29 heavy (non-hydrogen) atoms. The number of likely N-dealkylation sites (tertiary alicyclic amines) is 2. The summed E-state index contributed by atoms with van der Waals surface area (Å²) in [5, 5.41) is 0. The lowest BCUT2D eigenvalue weighted by Crippen LogP contribution is -2.38. The van der Waals surface area contributed by atoms with Gasteiger partial charge in [-0.25, -0.2) is 0 Å². The van der Waals surface area contributed by atoms with E-state index in [1.54, 1.807) is 0 Å². The van der Waals surface area contributed by atoms with E-state index in [0.29, 0.717) is 11.8 Å². The molecule has 4 aliphatic rings. The third kappa shape index (κ3) is 2.92. The van der Waals surface area contributed by atoms with Gasteiger partial charge in [0.15, 0.2) is 0 Å². The highest BCUT2D eigenvalue weighted by Crippen LogP contribution is 2.56. The molecule has 154 valence electrons. The lowest BCUT2D eigenvalue weighted by molar-refractivity contribution is -0.141. The number of aryl methyl sites for hydroxylation is 2. The molecular weight excluding hydrogens is 364 g/mol. The second-order valence-electron chi connectivity index (χ2n) is 9.55. The molecule has 0 N–H and O–H groups in total. The van der Waals surface area contributed by atoms with Crippen LogP contribution >= 0.6 is 0 Å². The molecule has 2 aliphatic carbocycles. The van der Waals surface area contributed by atoms with E-state index in [4.69, 9.17) is 0 Å². The Morgan fingerprint density at radius 3 is 2.34 bits per heavy atom. The number of carbonyl (C=O) groups excluding carboxylic acids is 3. The molecule has 0 spiro atoms. The molecule has 5 heteroatoms. The van der Waals surface area contributed by atoms with Gasteiger partial charge in [-0.3, -0.25) is 19.3 Å². The van der Waals surface area contributed by atoms with Crippen molar-refractivity contribution in [3.05, 3.63) is 34.9 Å². The maximum Gasteiger partial charge on any atom is 0.233 e. The Morgan fingerprint density at radius 1 is 1.00 bits per heavy atom. The average molecular weight is 395 g/mol. The van der Waals surface area contributed by atoms with Gasteiger partial charge in [0.05, 0.1) is 17.9 Å². The van der Waals surface area contributed by atoms with Gasteiger partial charge in [0.2, 0.25) is 17.7 Å². The summed E-state index contributed by atoms with van der Waals surface area (Å²) < 4.78 is 0. The van der Waals surface area contributed by atoms with Gasteiger partial charge in [0.25, 0.3) is 0 Å². The molecule has 5 rings (SSSR count). The zero-order valence-corrected chi connectivity index (χ0v) is 17.4. The van der Waals surface area contributed by atoms with Crippen LogP contribution in [0, 0.1) is 37.5 Å². The minimum Gasteiger partial charge on any atom is -0.336 e. The van der Waals surface area contributed by atoms with Crippen LogP contribution in [0.15, 0.2) is 18.2 Å². The zero-order valence-electron chi connectivity index (χ0n) is 17.4. The maximum absolute atomic E-state index is 13.0. The molecule has 2 saturated carbocycles. The van der Waals surface area contributed by atoms with E-state index in [2.05, 4.69) is 32.0 Å². The number of hydrogen-bond donors (Lipinski definition) is 0. The first-order valence-corrected chi connectivity index (χ1v) is 11.2. The van der Waals surface area contributed by atoms with Crippen LogP contribution in [0.2, 0.25) is 0 Å². The van der Waals surface area contributed by atoms with Crippen molar-refractivity contribution in [1.82, 2.24) is 9.80 Å². The Balaban J connectivity index is 1.25. The second-order valence-corrected chi connectivity index (χ2v) is 9.55. The molecule has 3 amide bonds. The predicted octanol–water partition coefficient (Wildman–Crippen LogP) is 3.39. The number of amides is 3. The van der Waals surface area contributed by atoms with Gasteiger partial charge in [0, 0.05) is 19.5 Å². The molecule has 2 heterocycles. The number of rotatable bonds is 4. The molecule has 5 unspecified atom stereocenters. The Labute approximate surface area is 172 Å². The van der Waals surface area contributed by atoms with Gasteiger partial charge in [-0.15, -0.1) is 0 Å². The molecule has 5 nitrogen and oxygen atoms in total. The summed E-state index contributed by atoms with van der Waals surface area (Å²) in [6, 6.07) is 6.56. The lowest BCUT2D eigenvalue weighted by Gasteiger charge is -2.26. The van der Waals surface area contributed by atoms with Crippen LogP contribution in [-0.2, 0) is 14.4 Å². The molecule has 1 aromatic rings. The SMILES string of the molecule is Cc1ccc(C2CCCN2C(=O)CCN2C(=O)C3C4CCC(C4)C3C2=O)cc1C. The summed E-state index contributed by atoms with van der Waals surface area (Å²) in [5.74, 6) is 0.660. The van der Waals surface area contributed by atoms with Gasteiger partial charge >= 0.3 is 0 Å². The fourth-order valence-corrected chi connectivity index (χ4v) is 6.43. The summed E-state index contributed by atoms with van der Waals surface area (Å²) in [7, 11) is 0. The Morgan fingerprint density at radius 2 is 1.69 bits per heavy atom. The van der Waals surface area contributed by atoms with Crippen molar-refractivity contribution < 1.29 is 14.4 Å². The number of hydrogen-bond acceptors (Lipinski definition) is 3. The number of imide groups is 1. The van der Waals surface area contributed by atoms with Gasteiger partial charge in [0.1, 0.15) is 0 Å². The Bertz CT molecular complexity index is 851. The second kappa shape index (κ2) is 6.96. The largest absolute Gasteiger partial charge is 0.336 e. The summed E-state index contributed by atoms with van der Waals surface area (Å²) in [4.78, 5) is 42.1. The van der Waals surface area contributed by atoms with Gasteiger partial charge in [-0.05, 0) is 74.5 Å². The topological polar surface area (TPSA) is 57.7 Å². The molecule has 2 saturated heterocycles. The first kappa shape index (κ1) is 18.8. The van der Waals surface area contributed by atoms with Crippen LogP contribution in [-0.4, -0.2) is 40.6 Å². The molecular formula is C24H30N2O3. The monoisotopic (exact) mass is 394 g/mol. The summed E-state index contributed by atoms with van der Waals surface area (Å²) in [6.07, 6.45) is 5.44. The highest BCUT2D eigenvalue weighted by atomic mass is 16.2. The van der Waals surface area contributed by atoms with E-state index >= 15 is 0 Å². The van der Waals surface area contributed by atoms with E-state index in [-0.39, 0.29) is 48.6 Å². The lowest BCUT2D eigenvalue weighted by atomic mass is 9.81. The quantitative estimate of drug-likeness (QED) is 0.736. The molecule has 1 aromatic carbocycles. The van der Waals surface area contributed by atoms with E-state index in [9.17, 15) is 14.4 Å². The first-order chi connectivity index (χ1) is 14.0. The third-order valence-electron chi connectivity index (χ3n) is 8.06. The molecule has 2 aliphatic heterocycles. The number of fused-ring (bicyclic) bond motifs is 5. The third-order valence-corrected chi connectivity index (χ3v) is 8.06. The normalized spacial score (nSPS) is 33.1. The van der Waals surface area contributed by atoms with Crippen LogP contribution in [0.5, 0.6) is 0 Å². The fraction of sp³-hybridized carbons (Fsp3) is 0.625. The van der Waals surface area contributed by atoms with Crippen LogP contribution in [0.25, 0.3) is 0 Å². The summed E-state index contributed by atoms with van der Waals surface area (Å²) >= 11 is 0. The van der Waals surface area contributed by atoms with Crippen LogP contribution < -0.4 is 0 Å². The van der Waals surface area contributed by atoms with Crippen molar-refractivity contribution in [2.75, 3.05) is 13.1 Å². The molecule has 2 bridgehead atoms. The first-order valence-electron chi connectivity index (χ1n) is 11.2. The van der Waals surface area contributed by atoms with Crippen molar-refractivity contribution in [3.63, 3.8) is 0 Å². The average Bonchev–Trinajstić information content (AvgIpc) is 3.47. The van der Waals surface area contributed by atoms with Gasteiger partial charge < -0.3 is 4.90 Å². The highest BCUT2D eigenvalue weighted by Gasteiger charge is 2.60. The molecule has 5 atom stereocenters. The predicted molar refractivity (Wildman–Crippen MR) is 109 cm³/mol. The van der Waals surface area contributed by atoms with Crippen molar-refractivity contribution in [1.29, 1.82) is 0 Å². The van der Waals surface area contributed by atoms with Crippen LogP contribution in [0.3, 0.4) is 0 Å². The van der Waals surface area contributed by atoms with Crippen LogP contribution in [0.1, 0.15) is 61.3 Å². The van der Waals surface area contributed by atoms with Crippen LogP contribution in [0.4, 0.5) is 0 Å². The van der Waals surface area contributed by atoms with E-state index in [0.717, 1.165) is 38.6 Å². The standard InChI is InChI=1S/C24H30N2O3/c1-14-5-6-16(12-15(14)2)19-4-3-10-25(19)20(27)9-11-26-23(28)21-17-7-8-18(13-17)22(21)24(26)29/h5-6,12,17-19,21-22H,3-4,7-11,13H2,1-2H3. The fourth-order valence-electron chi connectivity index (χ4n) is 6.43. The van der Waals surface area contributed by atoms with Crippen molar-refractivity contribution in [2.24, 2.45) is 23.7 Å². The number of nitrogens with zero attached hydrogens (tertiary/aromatic N) is 2. The summed E-state index contributed by atoms with van der Waals surface area (Å²) in [5.41, 5.74) is 3.70. The van der Waals surface area contributed by atoms with Gasteiger partial charge in [-0.1, -0.05) is 18.2 Å². The van der Waals surface area contributed by atoms with E-state index in [1.807, 2.05) is 4.90 Å². The number of benzene rings is 1. The van der Waals surface area contributed by atoms with E-state index in [1.165, 1.54) is 21.6 Å². The molecule has 4 fully saturated rings. The number of carbonyl (C=O) groups is 3. The van der Waals surface area contributed by atoms with Crippen molar-refractivity contribution in [3.8, 4) is 0 Å². The molecule has 0 aromatic heterocycles. The van der Waals surface area contributed by atoms with Gasteiger partial charge in [-0.2, -0.15) is 0 Å². The molecule has 0 radical (unpaired) electrons. The Kier molecular flexibility index (Phi) is 4.52. The van der Waals surface area contributed by atoms with Crippen molar-refractivity contribution >= 4 is 17.7 Å². The minimum atomic E-state index is -0.0913. The van der Waals surface area contributed by atoms with Crippen molar-refractivity contribution in [2.45, 2.75) is 58.4 Å².